The van der Waals surface area contributed by atoms with Gasteiger partial charge in [-0.1, -0.05) is 13.8 Å². The minimum Gasteiger partial charge on any atom is -0.230 e. The van der Waals surface area contributed by atoms with E-state index in [1.165, 1.54) is 0 Å². The number of tetrazole rings is 1. The second kappa shape index (κ2) is 4.90. The lowest BCUT2D eigenvalue weighted by atomic mass is 10.6. The minimum atomic E-state index is 0.846. The Labute approximate surface area is 61.2 Å². The van der Waals surface area contributed by atoms with E-state index in [-0.39, 0.29) is 0 Å². The third-order valence-corrected chi connectivity index (χ3v) is 1.01. The van der Waals surface area contributed by atoms with Gasteiger partial charge in [-0.2, -0.15) is 0 Å². The van der Waals surface area contributed by atoms with Gasteiger partial charge in [0, 0.05) is 6.54 Å². The Balaban J connectivity index is 0.000000371. The first-order valence-corrected chi connectivity index (χ1v) is 3.57. The van der Waals surface area contributed by atoms with Gasteiger partial charge in [0.2, 0.25) is 0 Å². The number of hydrogen-bond acceptors (Lipinski definition) is 3. The lowest BCUT2D eigenvalue weighted by Crippen LogP contribution is -1.98. The summed E-state index contributed by atoms with van der Waals surface area (Å²) in [6, 6.07) is 0. The molecule has 0 N–H and O–H groups in total. The molecule has 0 aliphatic rings. The standard InChI is InChI=1S/C4H8N4.C2H6/c1-3-8-4(2)5-6-7-8;1-2/h3H2,1-2H3;1-2H3. The van der Waals surface area contributed by atoms with Gasteiger partial charge >= 0.3 is 0 Å². The van der Waals surface area contributed by atoms with Crippen LogP contribution in [0.5, 0.6) is 0 Å². The molecule has 0 spiro atoms. The van der Waals surface area contributed by atoms with Gasteiger partial charge in [0.1, 0.15) is 5.82 Å². The van der Waals surface area contributed by atoms with E-state index < -0.39 is 0 Å². The van der Waals surface area contributed by atoms with Crippen LogP contribution in [0.15, 0.2) is 0 Å². The molecule has 0 saturated carbocycles. The van der Waals surface area contributed by atoms with Crippen molar-refractivity contribution in [1.82, 2.24) is 20.2 Å². The van der Waals surface area contributed by atoms with Crippen LogP contribution in [0.25, 0.3) is 0 Å². The average molecular weight is 142 g/mol. The van der Waals surface area contributed by atoms with Crippen LogP contribution in [-0.2, 0) is 6.54 Å². The first-order valence-electron chi connectivity index (χ1n) is 3.57. The monoisotopic (exact) mass is 142 g/mol. The van der Waals surface area contributed by atoms with Crippen molar-refractivity contribution in [3.63, 3.8) is 0 Å². The summed E-state index contributed by atoms with van der Waals surface area (Å²) < 4.78 is 1.74. The average Bonchev–Trinajstić information content (AvgIpc) is 2.39. The second-order valence-corrected chi connectivity index (χ2v) is 1.54. The minimum absolute atomic E-state index is 0.846. The number of hydrogen-bond donors (Lipinski definition) is 0. The van der Waals surface area contributed by atoms with Gasteiger partial charge in [-0.15, -0.1) is 5.10 Å². The van der Waals surface area contributed by atoms with Gasteiger partial charge in [0.25, 0.3) is 0 Å². The van der Waals surface area contributed by atoms with Gasteiger partial charge in [0.05, 0.1) is 0 Å². The van der Waals surface area contributed by atoms with Crippen LogP contribution in [-0.4, -0.2) is 20.2 Å². The molecule has 10 heavy (non-hydrogen) atoms. The topological polar surface area (TPSA) is 43.6 Å². The van der Waals surface area contributed by atoms with E-state index in [4.69, 9.17) is 0 Å². The Morgan fingerprint density at radius 1 is 1.40 bits per heavy atom. The second-order valence-electron chi connectivity index (χ2n) is 1.54. The molecule has 1 rings (SSSR count). The van der Waals surface area contributed by atoms with E-state index in [0.717, 1.165) is 12.4 Å². The van der Waals surface area contributed by atoms with Crippen molar-refractivity contribution in [3.05, 3.63) is 5.82 Å². The van der Waals surface area contributed by atoms with Crippen LogP contribution < -0.4 is 0 Å². The van der Waals surface area contributed by atoms with Crippen molar-refractivity contribution in [1.29, 1.82) is 0 Å². The molecule has 0 bridgehead atoms. The van der Waals surface area contributed by atoms with E-state index in [2.05, 4.69) is 15.5 Å². The lowest BCUT2D eigenvalue weighted by Gasteiger charge is -1.90. The highest BCUT2D eigenvalue weighted by atomic mass is 15.5. The number of aromatic nitrogens is 4. The van der Waals surface area contributed by atoms with E-state index in [0.29, 0.717) is 0 Å². The maximum atomic E-state index is 3.69. The zero-order chi connectivity index (χ0) is 7.98. The first-order chi connectivity index (χ1) is 4.84. The normalized spacial score (nSPS) is 8.40. The van der Waals surface area contributed by atoms with Crippen molar-refractivity contribution in [2.75, 3.05) is 0 Å². The molecule has 1 aromatic rings. The molecule has 0 unspecified atom stereocenters. The summed E-state index contributed by atoms with van der Waals surface area (Å²) in [6.45, 7) is 8.73. The van der Waals surface area contributed by atoms with Crippen LogP contribution in [0, 0.1) is 6.92 Å². The third-order valence-electron chi connectivity index (χ3n) is 1.01. The van der Waals surface area contributed by atoms with Crippen LogP contribution in [0.2, 0.25) is 0 Å². The molecule has 4 nitrogen and oxygen atoms in total. The van der Waals surface area contributed by atoms with Gasteiger partial charge in [-0.05, 0) is 24.3 Å². The lowest BCUT2D eigenvalue weighted by molar-refractivity contribution is 0.611. The molecular formula is C6H14N4. The van der Waals surface area contributed by atoms with Crippen molar-refractivity contribution in [3.8, 4) is 0 Å². The van der Waals surface area contributed by atoms with E-state index in [1.807, 2.05) is 27.7 Å². The molecular weight excluding hydrogens is 128 g/mol. The summed E-state index contributed by atoms with van der Waals surface area (Å²) in [4.78, 5) is 0. The molecule has 0 aliphatic carbocycles. The van der Waals surface area contributed by atoms with Gasteiger partial charge < -0.3 is 0 Å². The van der Waals surface area contributed by atoms with E-state index in [1.54, 1.807) is 4.68 Å². The fourth-order valence-corrected chi connectivity index (χ4v) is 0.541. The van der Waals surface area contributed by atoms with Crippen LogP contribution in [0.4, 0.5) is 0 Å². The highest BCUT2D eigenvalue weighted by Crippen LogP contribution is 1.84. The van der Waals surface area contributed by atoms with E-state index >= 15 is 0 Å². The molecule has 1 heterocycles. The number of nitrogens with zero attached hydrogens (tertiary/aromatic N) is 4. The fourth-order valence-electron chi connectivity index (χ4n) is 0.541. The zero-order valence-electron chi connectivity index (χ0n) is 7.00. The SMILES string of the molecule is CC.CCn1nnnc1C. The predicted octanol–water partition coefficient (Wildman–Crippen LogP) is 1.03. The molecule has 0 atom stereocenters. The van der Waals surface area contributed by atoms with Crippen molar-refractivity contribution in [2.24, 2.45) is 0 Å². The largest absolute Gasteiger partial charge is 0.230 e. The number of rotatable bonds is 1. The smallest absolute Gasteiger partial charge is 0.148 e. The summed E-state index contributed by atoms with van der Waals surface area (Å²) in [5.41, 5.74) is 0. The van der Waals surface area contributed by atoms with Gasteiger partial charge in [0.15, 0.2) is 0 Å². The van der Waals surface area contributed by atoms with Crippen LogP contribution in [0.3, 0.4) is 0 Å². The summed E-state index contributed by atoms with van der Waals surface area (Å²) in [7, 11) is 0. The maximum Gasteiger partial charge on any atom is 0.148 e. The van der Waals surface area contributed by atoms with Crippen molar-refractivity contribution in [2.45, 2.75) is 34.2 Å². The first kappa shape index (κ1) is 9.07. The Bertz CT molecular complexity index is 170. The molecule has 1 aromatic heterocycles. The zero-order valence-corrected chi connectivity index (χ0v) is 7.00. The van der Waals surface area contributed by atoms with Gasteiger partial charge in [-0.25, -0.2) is 4.68 Å². The quantitative estimate of drug-likeness (QED) is 0.588. The van der Waals surface area contributed by atoms with Gasteiger partial charge in [-0.3, -0.25) is 0 Å². The summed E-state index contributed by atoms with van der Waals surface area (Å²) in [5, 5.41) is 10.8. The Hall–Kier alpha value is -0.930. The third kappa shape index (κ3) is 2.13. The summed E-state index contributed by atoms with van der Waals surface area (Å²) >= 11 is 0. The van der Waals surface area contributed by atoms with Crippen molar-refractivity contribution >= 4 is 0 Å². The Kier molecular flexibility index (Phi) is 4.45. The molecule has 0 amide bonds. The highest BCUT2D eigenvalue weighted by molar-refractivity contribution is 4.71. The van der Waals surface area contributed by atoms with Crippen LogP contribution in [0.1, 0.15) is 26.6 Å². The van der Waals surface area contributed by atoms with Crippen LogP contribution >= 0.6 is 0 Å². The van der Waals surface area contributed by atoms with Crippen molar-refractivity contribution < 1.29 is 0 Å². The molecule has 0 aliphatic heterocycles. The Morgan fingerprint density at radius 3 is 2.20 bits per heavy atom. The molecule has 0 radical (unpaired) electrons. The fraction of sp³-hybridized carbons (Fsp3) is 0.833. The molecule has 0 saturated heterocycles. The summed E-state index contributed by atoms with van der Waals surface area (Å²) in [6.07, 6.45) is 0. The molecule has 58 valence electrons. The molecule has 4 heteroatoms. The maximum absolute atomic E-state index is 3.69. The molecule has 0 fully saturated rings. The Morgan fingerprint density at radius 2 is 2.00 bits per heavy atom. The summed E-state index contributed by atoms with van der Waals surface area (Å²) in [5.74, 6) is 0.868. The van der Waals surface area contributed by atoms with E-state index in [9.17, 15) is 0 Å². The number of aryl methyl sites for hydroxylation is 2. The molecule has 0 aromatic carbocycles. The predicted molar refractivity (Wildman–Crippen MR) is 39.6 cm³/mol. The highest BCUT2D eigenvalue weighted by Gasteiger charge is 1.92.